The lowest BCUT2D eigenvalue weighted by molar-refractivity contribution is -0.146. The number of thioether (sulfide) groups is 1. The summed E-state index contributed by atoms with van der Waals surface area (Å²) in [4.78, 5) is 12.0. The van der Waals surface area contributed by atoms with E-state index in [9.17, 15) is 4.79 Å². The van der Waals surface area contributed by atoms with Crippen LogP contribution in [0.5, 0.6) is 0 Å². The maximum Gasteiger partial charge on any atom is 0.330 e. The van der Waals surface area contributed by atoms with E-state index in [-0.39, 0.29) is 16.8 Å². The Morgan fingerprint density at radius 2 is 1.95 bits per heavy atom. The number of unbranched alkanes of at least 4 members (excludes halogenated alkanes) is 5. The first kappa shape index (κ1) is 16.8. The molecule has 1 aliphatic heterocycles. The summed E-state index contributed by atoms with van der Waals surface area (Å²) in [5.74, 6) is -0.175. The molecule has 1 fully saturated rings. The van der Waals surface area contributed by atoms with Gasteiger partial charge in [-0.05, 0) is 20.3 Å². The van der Waals surface area contributed by atoms with E-state index in [1.807, 2.05) is 13.8 Å². The minimum atomic E-state index is -0.315. The Kier molecular flexibility index (Phi) is 7.15. The van der Waals surface area contributed by atoms with Gasteiger partial charge in [-0.3, -0.25) is 0 Å². The number of thiocarbonyl (C=S) groups is 1. The third-order valence-electron chi connectivity index (χ3n) is 3.29. The van der Waals surface area contributed by atoms with Crippen LogP contribution in [-0.2, 0) is 9.53 Å². The number of esters is 1. The zero-order valence-corrected chi connectivity index (χ0v) is 13.8. The first-order chi connectivity index (χ1) is 8.97. The fourth-order valence-corrected chi connectivity index (χ4v) is 3.79. The van der Waals surface area contributed by atoms with Crippen LogP contribution < -0.4 is 5.32 Å². The van der Waals surface area contributed by atoms with Gasteiger partial charge in [0.15, 0.2) is 0 Å². The van der Waals surface area contributed by atoms with Gasteiger partial charge in [0.2, 0.25) is 0 Å². The third-order valence-corrected chi connectivity index (χ3v) is 4.72. The monoisotopic (exact) mass is 303 g/mol. The number of ether oxygens (including phenoxy) is 1. The maximum atomic E-state index is 12.0. The molecule has 0 saturated carbocycles. The maximum absolute atomic E-state index is 12.0. The molecule has 1 heterocycles. The Labute approximate surface area is 126 Å². The summed E-state index contributed by atoms with van der Waals surface area (Å²) in [6.45, 7) is 6.76. The highest BCUT2D eigenvalue weighted by Gasteiger charge is 2.43. The van der Waals surface area contributed by atoms with Gasteiger partial charge in [-0.25, -0.2) is 4.79 Å². The SMILES string of the molecule is CCCCCCCCOC(=O)C1NC(=S)SC1(C)C. The van der Waals surface area contributed by atoms with Gasteiger partial charge in [-0.1, -0.05) is 63.0 Å². The van der Waals surface area contributed by atoms with Crippen molar-refractivity contribution in [1.82, 2.24) is 5.32 Å². The van der Waals surface area contributed by atoms with E-state index >= 15 is 0 Å². The molecular formula is C14H25NO2S2. The van der Waals surface area contributed by atoms with Gasteiger partial charge in [0.1, 0.15) is 10.4 Å². The van der Waals surface area contributed by atoms with Crippen LogP contribution in [0.4, 0.5) is 0 Å². The highest BCUT2D eigenvalue weighted by molar-refractivity contribution is 8.24. The number of rotatable bonds is 8. The number of nitrogens with one attached hydrogen (secondary N) is 1. The zero-order chi connectivity index (χ0) is 14.3. The van der Waals surface area contributed by atoms with E-state index in [1.165, 1.54) is 37.4 Å². The van der Waals surface area contributed by atoms with E-state index in [4.69, 9.17) is 17.0 Å². The minimum Gasteiger partial charge on any atom is -0.464 e. The topological polar surface area (TPSA) is 38.3 Å². The average molecular weight is 303 g/mol. The molecule has 110 valence electrons. The summed E-state index contributed by atoms with van der Waals surface area (Å²) in [7, 11) is 0. The summed E-state index contributed by atoms with van der Waals surface area (Å²) >= 11 is 6.63. The van der Waals surface area contributed by atoms with Gasteiger partial charge in [0, 0.05) is 4.75 Å². The molecule has 19 heavy (non-hydrogen) atoms. The van der Waals surface area contributed by atoms with Crippen molar-refractivity contribution in [2.45, 2.75) is 70.1 Å². The number of hydrogen-bond acceptors (Lipinski definition) is 4. The third kappa shape index (κ3) is 5.69. The summed E-state index contributed by atoms with van der Waals surface area (Å²) < 4.78 is 5.82. The van der Waals surface area contributed by atoms with E-state index in [2.05, 4.69) is 12.2 Å². The van der Waals surface area contributed by atoms with Crippen LogP contribution in [0.3, 0.4) is 0 Å². The van der Waals surface area contributed by atoms with Gasteiger partial charge in [-0.15, -0.1) is 0 Å². The van der Waals surface area contributed by atoms with Gasteiger partial charge < -0.3 is 10.1 Å². The van der Waals surface area contributed by atoms with E-state index in [0.717, 1.165) is 12.8 Å². The standard InChI is InChI=1S/C14H25NO2S2/c1-4-5-6-7-8-9-10-17-12(16)11-14(2,3)19-13(18)15-11/h11H,4-10H2,1-3H3,(H,15,18). The van der Waals surface area contributed by atoms with Crippen LogP contribution in [0.15, 0.2) is 0 Å². The fourth-order valence-electron chi connectivity index (χ4n) is 2.10. The molecule has 0 aliphatic carbocycles. The van der Waals surface area contributed by atoms with E-state index in [1.54, 1.807) is 0 Å². The summed E-state index contributed by atoms with van der Waals surface area (Å²) in [6.07, 6.45) is 7.18. The molecule has 5 heteroatoms. The van der Waals surface area contributed by atoms with E-state index in [0.29, 0.717) is 10.9 Å². The molecule has 1 rings (SSSR count). The summed E-state index contributed by atoms with van der Waals surface area (Å²) in [5, 5.41) is 3.03. The van der Waals surface area contributed by atoms with Crippen molar-refractivity contribution in [1.29, 1.82) is 0 Å². The predicted octanol–water partition coefficient (Wildman–Crippen LogP) is 3.66. The van der Waals surface area contributed by atoms with Crippen LogP contribution in [-0.4, -0.2) is 27.7 Å². The molecule has 0 amide bonds. The van der Waals surface area contributed by atoms with Crippen molar-refractivity contribution < 1.29 is 9.53 Å². The smallest absolute Gasteiger partial charge is 0.330 e. The second-order valence-electron chi connectivity index (χ2n) is 5.51. The molecule has 0 aromatic heterocycles. The molecule has 0 aromatic rings. The molecular weight excluding hydrogens is 278 g/mol. The Balaban J connectivity index is 2.16. The molecule has 1 saturated heterocycles. The van der Waals surface area contributed by atoms with Crippen LogP contribution in [0, 0.1) is 0 Å². The normalized spacial score (nSPS) is 21.2. The van der Waals surface area contributed by atoms with Crippen molar-refractivity contribution >= 4 is 34.3 Å². The first-order valence-electron chi connectivity index (χ1n) is 7.13. The van der Waals surface area contributed by atoms with Crippen LogP contribution in [0.1, 0.15) is 59.3 Å². The summed E-state index contributed by atoms with van der Waals surface area (Å²) in [5.41, 5.74) is 0. The Hall–Kier alpha value is -0.290. The molecule has 1 unspecified atom stereocenters. The highest BCUT2D eigenvalue weighted by Crippen LogP contribution is 2.35. The van der Waals surface area contributed by atoms with Crippen molar-refractivity contribution in [2.24, 2.45) is 0 Å². The number of hydrogen-bond donors (Lipinski definition) is 1. The highest BCUT2D eigenvalue weighted by atomic mass is 32.2. The molecule has 1 aliphatic rings. The second-order valence-corrected chi connectivity index (χ2v) is 7.84. The van der Waals surface area contributed by atoms with E-state index < -0.39 is 0 Å². The second kappa shape index (κ2) is 8.10. The van der Waals surface area contributed by atoms with Gasteiger partial charge in [0.05, 0.1) is 6.61 Å². The van der Waals surface area contributed by atoms with Crippen molar-refractivity contribution in [3.05, 3.63) is 0 Å². The van der Waals surface area contributed by atoms with Gasteiger partial charge in [-0.2, -0.15) is 0 Å². The molecule has 0 bridgehead atoms. The van der Waals surface area contributed by atoms with Gasteiger partial charge >= 0.3 is 5.97 Å². The van der Waals surface area contributed by atoms with Crippen LogP contribution in [0.2, 0.25) is 0 Å². The summed E-state index contributed by atoms with van der Waals surface area (Å²) in [6, 6.07) is -0.315. The molecule has 1 atom stereocenters. The molecule has 0 aromatic carbocycles. The fraction of sp³-hybridized carbons (Fsp3) is 0.857. The quantitative estimate of drug-likeness (QED) is 0.421. The lowest BCUT2D eigenvalue weighted by atomic mass is 10.0. The largest absolute Gasteiger partial charge is 0.464 e. The molecule has 1 N–H and O–H groups in total. The predicted molar refractivity (Wildman–Crippen MR) is 85.5 cm³/mol. The lowest BCUT2D eigenvalue weighted by Gasteiger charge is -2.22. The Morgan fingerprint density at radius 1 is 1.32 bits per heavy atom. The molecule has 3 nitrogen and oxygen atoms in total. The number of carbonyl (C=O) groups is 1. The van der Waals surface area contributed by atoms with Crippen LogP contribution in [0.25, 0.3) is 0 Å². The average Bonchev–Trinajstić information content (AvgIpc) is 2.61. The van der Waals surface area contributed by atoms with Crippen LogP contribution >= 0.6 is 24.0 Å². The van der Waals surface area contributed by atoms with Gasteiger partial charge in [0.25, 0.3) is 0 Å². The first-order valence-corrected chi connectivity index (χ1v) is 8.36. The molecule has 0 radical (unpaired) electrons. The van der Waals surface area contributed by atoms with Crippen molar-refractivity contribution in [2.75, 3.05) is 6.61 Å². The zero-order valence-electron chi connectivity index (χ0n) is 12.2. The number of carbonyl (C=O) groups excluding carboxylic acids is 1. The lowest BCUT2D eigenvalue weighted by Crippen LogP contribution is -2.45. The van der Waals surface area contributed by atoms with Crippen molar-refractivity contribution in [3.8, 4) is 0 Å². The molecule has 0 spiro atoms. The Bertz CT molecular complexity index is 319. The van der Waals surface area contributed by atoms with Crippen molar-refractivity contribution in [3.63, 3.8) is 0 Å². The Morgan fingerprint density at radius 3 is 2.53 bits per heavy atom. The minimum absolute atomic E-state index is 0.175.